The lowest BCUT2D eigenvalue weighted by Crippen LogP contribution is -2.19. The van der Waals surface area contributed by atoms with Crippen LogP contribution < -0.4 is 10.1 Å². The number of nitrogens with one attached hydrogen (secondary N) is 1. The first-order valence-electron chi connectivity index (χ1n) is 5.26. The number of carbonyl (C=O) groups is 1. The molecule has 17 heavy (non-hydrogen) atoms. The summed E-state index contributed by atoms with van der Waals surface area (Å²) in [7, 11) is 1.56. The van der Waals surface area contributed by atoms with Crippen molar-refractivity contribution >= 4 is 23.3 Å². The number of methoxy groups -OCH3 is 1. The van der Waals surface area contributed by atoms with Crippen molar-refractivity contribution in [3.05, 3.63) is 22.7 Å². The summed E-state index contributed by atoms with van der Waals surface area (Å²) in [5, 5.41) is 12.3. The lowest BCUT2D eigenvalue weighted by Gasteiger charge is -2.14. The lowest BCUT2D eigenvalue weighted by molar-refractivity contribution is -0.140. The van der Waals surface area contributed by atoms with Gasteiger partial charge < -0.3 is 15.2 Å². The highest BCUT2D eigenvalue weighted by Gasteiger charge is 2.12. The maximum absolute atomic E-state index is 10.7. The highest BCUT2D eigenvalue weighted by atomic mass is 35.5. The summed E-state index contributed by atoms with van der Waals surface area (Å²) < 4.78 is 5.09. The highest BCUT2D eigenvalue weighted by molar-refractivity contribution is 6.32. The minimum Gasteiger partial charge on any atom is -0.495 e. The van der Waals surface area contributed by atoms with Crippen LogP contribution in [0.15, 0.2) is 12.1 Å². The van der Waals surface area contributed by atoms with Gasteiger partial charge in [0, 0.05) is 12.2 Å². The minimum absolute atomic E-state index is 0.360. The van der Waals surface area contributed by atoms with Gasteiger partial charge in [-0.25, -0.2) is 0 Å². The predicted molar refractivity (Wildman–Crippen MR) is 68.0 cm³/mol. The summed E-state index contributed by atoms with van der Waals surface area (Å²) >= 11 is 6.00. The molecular weight excluding hydrogens is 242 g/mol. The summed E-state index contributed by atoms with van der Waals surface area (Å²) in [6, 6.07) is 3.56. The summed E-state index contributed by atoms with van der Waals surface area (Å²) in [6.07, 6.45) is 0. The number of anilines is 1. The number of carboxylic acid groups (broad SMARTS) is 1. The molecule has 0 radical (unpaired) electrons. The molecule has 0 fully saturated rings. The summed E-state index contributed by atoms with van der Waals surface area (Å²) in [4.78, 5) is 10.7. The maximum Gasteiger partial charge on any atom is 0.308 e. The van der Waals surface area contributed by atoms with Crippen molar-refractivity contribution in [1.82, 2.24) is 0 Å². The molecule has 0 amide bonds. The Hall–Kier alpha value is -1.42. The van der Waals surface area contributed by atoms with Crippen LogP contribution in [-0.2, 0) is 4.79 Å². The predicted octanol–water partition coefficient (Wildman–Crippen LogP) is 2.79. The first-order chi connectivity index (χ1) is 7.95. The van der Waals surface area contributed by atoms with Crippen LogP contribution in [0.25, 0.3) is 0 Å². The van der Waals surface area contributed by atoms with Gasteiger partial charge in [0.2, 0.25) is 0 Å². The van der Waals surface area contributed by atoms with E-state index in [9.17, 15) is 4.79 Å². The Morgan fingerprint density at radius 3 is 2.76 bits per heavy atom. The Balaban J connectivity index is 2.78. The zero-order chi connectivity index (χ0) is 13.0. The third kappa shape index (κ3) is 3.53. The molecule has 0 saturated heterocycles. The number of aryl methyl sites for hydroxylation is 1. The lowest BCUT2D eigenvalue weighted by atomic mass is 10.1. The Morgan fingerprint density at radius 2 is 2.24 bits per heavy atom. The molecule has 0 aromatic heterocycles. The van der Waals surface area contributed by atoms with E-state index in [1.165, 1.54) is 0 Å². The van der Waals surface area contributed by atoms with Crippen molar-refractivity contribution in [3.8, 4) is 5.75 Å². The topological polar surface area (TPSA) is 58.6 Å². The van der Waals surface area contributed by atoms with Gasteiger partial charge in [0.1, 0.15) is 5.75 Å². The average molecular weight is 258 g/mol. The first kappa shape index (κ1) is 13.6. The van der Waals surface area contributed by atoms with E-state index in [1.54, 1.807) is 20.1 Å². The van der Waals surface area contributed by atoms with Crippen LogP contribution in [-0.4, -0.2) is 24.7 Å². The molecule has 2 N–H and O–H groups in total. The van der Waals surface area contributed by atoms with Gasteiger partial charge in [0.15, 0.2) is 0 Å². The van der Waals surface area contributed by atoms with Gasteiger partial charge in [-0.2, -0.15) is 0 Å². The van der Waals surface area contributed by atoms with Gasteiger partial charge in [-0.05, 0) is 24.6 Å². The Labute approximate surface area is 106 Å². The van der Waals surface area contributed by atoms with Crippen LogP contribution in [0.2, 0.25) is 5.02 Å². The fourth-order valence-corrected chi connectivity index (χ4v) is 1.59. The number of ether oxygens (including phenoxy) is 1. The normalized spacial score (nSPS) is 12.0. The Kier molecular flexibility index (Phi) is 4.63. The van der Waals surface area contributed by atoms with E-state index >= 15 is 0 Å². The number of aliphatic carboxylic acids is 1. The molecule has 1 unspecified atom stereocenters. The van der Waals surface area contributed by atoms with Crippen molar-refractivity contribution in [2.24, 2.45) is 5.92 Å². The van der Waals surface area contributed by atoms with Crippen LogP contribution in [0.4, 0.5) is 5.69 Å². The van der Waals surface area contributed by atoms with E-state index in [-0.39, 0.29) is 0 Å². The van der Waals surface area contributed by atoms with E-state index < -0.39 is 11.9 Å². The molecule has 94 valence electrons. The third-order valence-corrected chi connectivity index (χ3v) is 2.81. The van der Waals surface area contributed by atoms with E-state index in [4.69, 9.17) is 21.4 Å². The minimum atomic E-state index is -0.824. The third-order valence-electron chi connectivity index (χ3n) is 2.52. The maximum atomic E-state index is 10.7. The second-order valence-electron chi connectivity index (χ2n) is 3.92. The fraction of sp³-hybridized carbons (Fsp3) is 0.417. The molecule has 0 saturated carbocycles. The molecule has 1 rings (SSSR count). The number of carboxylic acids is 1. The molecular formula is C12H16ClNO3. The van der Waals surface area contributed by atoms with Crippen molar-refractivity contribution in [3.63, 3.8) is 0 Å². The van der Waals surface area contributed by atoms with Gasteiger partial charge in [0.25, 0.3) is 0 Å². The monoisotopic (exact) mass is 257 g/mol. The van der Waals surface area contributed by atoms with Gasteiger partial charge in [-0.15, -0.1) is 0 Å². The van der Waals surface area contributed by atoms with Crippen molar-refractivity contribution < 1.29 is 14.6 Å². The molecule has 5 heteroatoms. The molecule has 0 aliphatic carbocycles. The quantitative estimate of drug-likeness (QED) is 0.852. The van der Waals surface area contributed by atoms with E-state index in [1.807, 2.05) is 13.0 Å². The first-order valence-corrected chi connectivity index (χ1v) is 5.64. The van der Waals surface area contributed by atoms with Crippen molar-refractivity contribution in [2.75, 3.05) is 19.0 Å². The standard InChI is InChI=1S/C12H16ClNO3/c1-7-4-11(17-3)9(13)5-10(7)14-6-8(2)12(15)16/h4-5,8,14H,6H2,1-3H3,(H,15,16). The van der Waals surface area contributed by atoms with Gasteiger partial charge >= 0.3 is 5.97 Å². The average Bonchev–Trinajstić information content (AvgIpc) is 2.29. The molecule has 0 bridgehead atoms. The second-order valence-corrected chi connectivity index (χ2v) is 4.33. The molecule has 1 aromatic carbocycles. The van der Waals surface area contributed by atoms with Crippen LogP contribution in [0, 0.1) is 12.8 Å². The zero-order valence-corrected chi connectivity index (χ0v) is 10.8. The van der Waals surface area contributed by atoms with Crippen molar-refractivity contribution in [2.45, 2.75) is 13.8 Å². The summed E-state index contributed by atoms with van der Waals surface area (Å²) in [5.41, 5.74) is 1.78. The smallest absolute Gasteiger partial charge is 0.308 e. The zero-order valence-electron chi connectivity index (χ0n) is 10.1. The molecule has 1 aromatic rings. The number of hydrogen-bond acceptors (Lipinski definition) is 3. The summed E-state index contributed by atoms with van der Waals surface area (Å²) in [6.45, 7) is 3.92. The van der Waals surface area contributed by atoms with Crippen molar-refractivity contribution in [1.29, 1.82) is 0 Å². The molecule has 0 aliphatic rings. The second kappa shape index (κ2) is 5.77. The van der Waals surface area contributed by atoms with E-state index in [0.29, 0.717) is 17.3 Å². The Morgan fingerprint density at radius 1 is 1.59 bits per heavy atom. The largest absolute Gasteiger partial charge is 0.495 e. The van der Waals surface area contributed by atoms with Gasteiger partial charge in [-0.3, -0.25) is 4.79 Å². The molecule has 1 atom stereocenters. The number of benzene rings is 1. The highest BCUT2D eigenvalue weighted by Crippen LogP contribution is 2.30. The van der Waals surface area contributed by atoms with Crippen LogP contribution in [0.5, 0.6) is 5.75 Å². The number of rotatable bonds is 5. The fourth-order valence-electron chi connectivity index (χ4n) is 1.35. The molecule has 0 spiro atoms. The molecule has 0 aliphatic heterocycles. The van der Waals surface area contributed by atoms with Crippen LogP contribution in [0.3, 0.4) is 0 Å². The van der Waals surface area contributed by atoms with Crippen LogP contribution >= 0.6 is 11.6 Å². The number of halogens is 1. The SMILES string of the molecule is COc1cc(C)c(NCC(C)C(=O)O)cc1Cl. The molecule has 4 nitrogen and oxygen atoms in total. The Bertz CT molecular complexity index is 420. The van der Waals surface area contributed by atoms with Gasteiger partial charge in [0.05, 0.1) is 18.1 Å². The summed E-state index contributed by atoms with van der Waals surface area (Å²) in [5.74, 6) is -0.661. The van der Waals surface area contributed by atoms with Crippen LogP contribution in [0.1, 0.15) is 12.5 Å². The van der Waals surface area contributed by atoms with E-state index in [2.05, 4.69) is 5.32 Å². The molecule has 0 heterocycles. The van der Waals surface area contributed by atoms with E-state index in [0.717, 1.165) is 11.3 Å². The number of hydrogen-bond donors (Lipinski definition) is 2. The van der Waals surface area contributed by atoms with Gasteiger partial charge in [-0.1, -0.05) is 18.5 Å².